The summed E-state index contributed by atoms with van der Waals surface area (Å²) in [7, 11) is 0. The van der Waals surface area contributed by atoms with Crippen LogP contribution in [0.3, 0.4) is 0 Å². The number of benzene rings is 2. The molecule has 4 rings (SSSR count). The van der Waals surface area contributed by atoms with Gasteiger partial charge in [-0.3, -0.25) is 14.9 Å². The van der Waals surface area contributed by atoms with Gasteiger partial charge in [0.25, 0.3) is 0 Å². The second kappa shape index (κ2) is 13.9. The summed E-state index contributed by atoms with van der Waals surface area (Å²) in [5, 5.41) is 19.9. The molecular formula is C27H38N4O5. The summed E-state index contributed by atoms with van der Waals surface area (Å²) in [4.78, 5) is 26.2. The molecular weight excluding hydrogens is 460 g/mol. The topological polar surface area (TPSA) is 135 Å². The Balaban J connectivity index is 1.81. The molecule has 2 amide bonds. The summed E-state index contributed by atoms with van der Waals surface area (Å²) in [5.41, 5.74) is 8.22. The highest BCUT2D eigenvalue weighted by molar-refractivity contribution is 5.90. The van der Waals surface area contributed by atoms with Crippen molar-refractivity contribution < 1.29 is 24.2 Å². The van der Waals surface area contributed by atoms with Crippen molar-refractivity contribution in [3.05, 3.63) is 65.7 Å². The minimum absolute atomic E-state index is 0.169. The van der Waals surface area contributed by atoms with Crippen LogP contribution in [0.2, 0.25) is 0 Å². The third-order valence-electron chi connectivity index (χ3n) is 6.12. The maximum Gasteiger partial charge on any atom is 0.242 e. The van der Waals surface area contributed by atoms with E-state index in [9.17, 15) is 14.7 Å². The third kappa shape index (κ3) is 8.30. The molecule has 0 spiro atoms. The average Bonchev–Trinajstić information content (AvgIpc) is 2.87. The molecule has 6 N–H and O–H groups in total. The number of hydrogen-bond acceptors (Lipinski definition) is 7. The zero-order chi connectivity index (χ0) is 25.9. The first-order chi connectivity index (χ1) is 17.3. The smallest absolute Gasteiger partial charge is 0.242 e. The Morgan fingerprint density at radius 3 is 2.39 bits per heavy atom. The van der Waals surface area contributed by atoms with Crippen LogP contribution in [-0.4, -0.2) is 67.5 Å². The SMILES string of the molecule is CC(C)[C@@H]1NC(=O)[C@@H]([C@H](O)[C@@H](N)Cc2ccccc2)NCc2ccc(cc2)OCCOCCNC1=O. The molecule has 4 atom stereocenters. The molecule has 0 fully saturated rings. The molecule has 2 aliphatic rings. The summed E-state index contributed by atoms with van der Waals surface area (Å²) < 4.78 is 11.2. The van der Waals surface area contributed by atoms with Crippen LogP contribution >= 0.6 is 0 Å². The van der Waals surface area contributed by atoms with Crippen LogP contribution < -0.4 is 26.4 Å². The lowest BCUT2D eigenvalue weighted by atomic mass is 9.95. The van der Waals surface area contributed by atoms with Gasteiger partial charge in [0.1, 0.15) is 24.4 Å². The van der Waals surface area contributed by atoms with Crippen molar-refractivity contribution in [2.45, 2.75) is 51.0 Å². The lowest BCUT2D eigenvalue weighted by Gasteiger charge is -2.30. The molecule has 0 aliphatic carbocycles. The van der Waals surface area contributed by atoms with Gasteiger partial charge in [0.2, 0.25) is 11.8 Å². The van der Waals surface area contributed by atoms with Gasteiger partial charge in [-0.05, 0) is 35.6 Å². The molecule has 2 aliphatic heterocycles. The summed E-state index contributed by atoms with van der Waals surface area (Å²) >= 11 is 0. The standard InChI is InChI=1S/C27H38N4O5/c1-18(2)23-26(33)29-12-13-35-14-15-36-21-10-8-20(9-11-21)17-30-24(27(34)31-23)25(32)22(28)16-19-6-4-3-5-7-19/h3-11,18,22-25,30,32H,12-17,28H2,1-2H3,(H,29,33)(H,31,34)/t22-,23-,24+,25+/m0/s1. The van der Waals surface area contributed by atoms with Crippen LogP contribution in [-0.2, 0) is 27.3 Å². The highest BCUT2D eigenvalue weighted by Crippen LogP contribution is 2.14. The van der Waals surface area contributed by atoms with Gasteiger partial charge in [-0.25, -0.2) is 0 Å². The maximum atomic E-state index is 13.4. The monoisotopic (exact) mass is 498 g/mol. The summed E-state index contributed by atoms with van der Waals surface area (Å²) in [5.74, 6) is -0.263. The molecule has 196 valence electrons. The second-order valence-electron chi connectivity index (χ2n) is 9.33. The zero-order valence-corrected chi connectivity index (χ0v) is 21.0. The molecule has 36 heavy (non-hydrogen) atoms. The maximum absolute atomic E-state index is 13.4. The number of carbonyl (C=O) groups excluding carboxylic acids is 2. The van der Waals surface area contributed by atoms with Gasteiger partial charge in [0.05, 0.1) is 19.3 Å². The summed E-state index contributed by atoms with van der Waals surface area (Å²) in [6.07, 6.45) is -0.796. The Labute approximate surface area is 212 Å². The van der Waals surface area contributed by atoms with E-state index in [0.717, 1.165) is 11.1 Å². The summed E-state index contributed by atoms with van der Waals surface area (Å²) in [6, 6.07) is 14.5. The number of rotatable bonds is 5. The minimum atomic E-state index is -1.19. The number of fused-ring (bicyclic) bond motifs is 15. The molecule has 0 saturated carbocycles. The van der Waals surface area contributed by atoms with Crippen LogP contribution in [0.25, 0.3) is 0 Å². The molecule has 9 nitrogen and oxygen atoms in total. The molecule has 2 bridgehead atoms. The number of aliphatic hydroxyl groups excluding tert-OH is 1. The van der Waals surface area contributed by atoms with Crippen LogP contribution in [0, 0.1) is 5.92 Å². The second-order valence-corrected chi connectivity index (χ2v) is 9.33. The highest BCUT2D eigenvalue weighted by Gasteiger charge is 2.34. The van der Waals surface area contributed by atoms with E-state index in [0.29, 0.717) is 45.1 Å². The van der Waals surface area contributed by atoms with Crippen molar-refractivity contribution in [3.8, 4) is 5.75 Å². The Hall–Kier alpha value is -2.98. The Bertz CT molecular complexity index is 954. The fourth-order valence-electron chi connectivity index (χ4n) is 4.01. The average molecular weight is 499 g/mol. The predicted octanol–water partition coefficient (Wildman–Crippen LogP) is 0.742. The highest BCUT2D eigenvalue weighted by atomic mass is 16.5. The Morgan fingerprint density at radius 2 is 1.69 bits per heavy atom. The number of nitrogens with two attached hydrogens (primary N) is 1. The molecule has 0 saturated heterocycles. The first-order valence-electron chi connectivity index (χ1n) is 12.4. The molecule has 0 unspecified atom stereocenters. The molecule has 0 radical (unpaired) electrons. The van der Waals surface area contributed by atoms with Gasteiger partial charge in [-0.15, -0.1) is 0 Å². The number of nitrogens with one attached hydrogen (secondary N) is 3. The van der Waals surface area contributed by atoms with E-state index in [-0.39, 0.29) is 11.8 Å². The lowest BCUT2D eigenvalue weighted by Crippen LogP contribution is -2.61. The number of aliphatic hydroxyl groups is 1. The van der Waals surface area contributed by atoms with Gasteiger partial charge in [0.15, 0.2) is 0 Å². The Morgan fingerprint density at radius 1 is 0.972 bits per heavy atom. The van der Waals surface area contributed by atoms with Crippen molar-refractivity contribution in [1.29, 1.82) is 0 Å². The van der Waals surface area contributed by atoms with Gasteiger partial charge < -0.3 is 30.9 Å². The largest absolute Gasteiger partial charge is 0.491 e. The van der Waals surface area contributed by atoms with E-state index >= 15 is 0 Å². The third-order valence-corrected chi connectivity index (χ3v) is 6.12. The van der Waals surface area contributed by atoms with Gasteiger partial charge in [-0.1, -0.05) is 56.3 Å². The van der Waals surface area contributed by atoms with Crippen molar-refractivity contribution in [3.63, 3.8) is 0 Å². The van der Waals surface area contributed by atoms with Crippen LogP contribution in [0.15, 0.2) is 54.6 Å². The fourth-order valence-corrected chi connectivity index (χ4v) is 4.01. The van der Waals surface area contributed by atoms with E-state index in [1.165, 1.54) is 0 Å². The van der Waals surface area contributed by atoms with Crippen molar-refractivity contribution in [2.24, 2.45) is 11.7 Å². The van der Waals surface area contributed by atoms with Crippen molar-refractivity contribution in [2.75, 3.05) is 26.4 Å². The molecule has 2 aromatic rings. The molecule has 0 aromatic heterocycles. The van der Waals surface area contributed by atoms with Crippen LogP contribution in [0.5, 0.6) is 5.75 Å². The molecule has 2 aromatic carbocycles. The van der Waals surface area contributed by atoms with Gasteiger partial charge in [0, 0.05) is 19.1 Å². The van der Waals surface area contributed by atoms with Gasteiger partial charge in [-0.2, -0.15) is 0 Å². The predicted molar refractivity (Wildman–Crippen MR) is 137 cm³/mol. The normalized spacial score (nSPS) is 22.0. The molecule has 9 heteroatoms. The first kappa shape index (κ1) is 27.6. The number of amides is 2. The minimum Gasteiger partial charge on any atom is -0.491 e. The quantitative estimate of drug-likeness (QED) is 0.384. The fraction of sp³-hybridized carbons (Fsp3) is 0.481. The first-order valence-corrected chi connectivity index (χ1v) is 12.4. The van der Waals surface area contributed by atoms with E-state index in [1.807, 2.05) is 68.4 Å². The van der Waals surface area contributed by atoms with E-state index in [2.05, 4.69) is 16.0 Å². The van der Waals surface area contributed by atoms with E-state index < -0.39 is 30.1 Å². The van der Waals surface area contributed by atoms with Gasteiger partial charge >= 0.3 is 0 Å². The zero-order valence-electron chi connectivity index (χ0n) is 21.0. The van der Waals surface area contributed by atoms with Crippen molar-refractivity contribution >= 4 is 11.8 Å². The molecule has 2 heterocycles. The van der Waals surface area contributed by atoms with Crippen LogP contribution in [0.4, 0.5) is 0 Å². The number of carbonyl (C=O) groups is 2. The van der Waals surface area contributed by atoms with E-state index in [1.54, 1.807) is 0 Å². The van der Waals surface area contributed by atoms with Crippen molar-refractivity contribution in [1.82, 2.24) is 16.0 Å². The van der Waals surface area contributed by atoms with Crippen LogP contribution in [0.1, 0.15) is 25.0 Å². The number of hydrogen-bond donors (Lipinski definition) is 5. The Kier molecular flexibility index (Phi) is 10.7. The summed E-state index contributed by atoms with van der Waals surface area (Å²) in [6.45, 7) is 5.44. The number of ether oxygens (including phenoxy) is 2. The van der Waals surface area contributed by atoms with E-state index in [4.69, 9.17) is 15.2 Å². The lowest BCUT2D eigenvalue weighted by molar-refractivity contribution is -0.133.